The first-order chi connectivity index (χ1) is 11.3. The molecule has 0 radical (unpaired) electrons. The predicted octanol–water partition coefficient (Wildman–Crippen LogP) is 2.93. The van der Waals surface area contributed by atoms with Crippen LogP contribution in [0.2, 0.25) is 10.0 Å². The van der Waals surface area contributed by atoms with Crippen molar-refractivity contribution in [2.24, 2.45) is 0 Å². The number of carbonyl (C=O) groups is 1. The highest BCUT2D eigenvalue weighted by Gasteiger charge is 2.26. The third-order valence-corrected chi connectivity index (χ3v) is 3.21. The number of benzene rings is 1. The summed E-state index contributed by atoms with van der Waals surface area (Å²) in [7, 11) is 3.04. The molecule has 0 bridgehead atoms. The fourth-order valence-electron chi connectivity index (χ4n) is 1.82. The number of rotatable bonds is 7. The van der Waals surface area contributed by atoms with Crippen LogP contribution >= 0.6 is 23.2 Å². The molecule has 0 saturated carbocycles. The van der Waals surface area contributed by atoms with E-state index in [0.717, 1.165) is 0 Å². The Morgan fingerprint density at radius 3 is 2.38 bits per heavy atom. The number of methoxy groups -OCH3 is 2. The van der Waals surface area contributed by atoms with Crippen molar-refractivity contribution in [2.45, 2.75) is 25.5 Å². The molecule has 1 rings (SSSR count). The summed E-state index contributed by atoms with van der Waals surface area (Å²) in [6.07, 6.45) is -0.868. The zero-order chi connectivity index (χ0) is 18.2. The molecule has 132 valence electrons. The van der Waals surface area contributed by atoms with Gasteiger partial charge in [-0.1, -0.05) is 35.0 Å². The lowest BCUT2D eigenvalue weighted by molar-refractivity contribution is -0.131. The Hall–Kier alpha value is -1.45. The predicted molar refractivity (Wildman–Crippen MR) is 94.6 cm³/mol. The molecule has 5 nitrogen and oxygen atoms in total. The van der Waals surface area contributed by atoms with Gasteiger partial charge in [-0.2, -0.15) is 0 Å². The van der Waals surface area contributed by atoms with E-state index < -0.39 is 11.6 Å². The maximum Gasteiger partial charge on any atom is 0.264 e. The van der Waals surface area contributed by atoms with Gasteiger partial charge in [-0.05, 0) is 32.0 Å². The zero-order valence-corrected chi connectivity index (χ0v) is 15.6. The van der Waals surface area contributed by atoms with Crippen LogP contribution in [0.3, 0.4) is 0 Å². The number of amides is 1. The molecule has 1 aromatic rings. The maximum absolute atomic E-state index is 12.5. The first-order valence-corrected chi connectivity index (χ1v) is 7.95. The summed E-state index contributed by atoms with van der Waals surface area (Å²) in [4.78, 5) is 12.5. The monoisotopic (exact) mass is 373 g/mol. The molecule has 1 unspecified atom stereocenters. The van der Waals surface area contributed by atoms with Gasteiger partial charge < -0.3 is 19.5 Å². The number of hydrogen-bond acceptors (Lipinski definition) is 4. The SMILES string of the molecule is COCC#CC(C)(C)NC(=O)C(COC)Oc1cc(Cl)cc(Cl)c1. The van der Waals surface area contributed by atoms with E-state index in [9.17, 15) is 4.79 Å². The Morgan fingerprint density at radius 1 is 1.21 bits per heavy atom. The van der Waals surface area contributed by atoms with Crippen molar-refractivity contribution in [3.8, 4) is 17.6 Å². The second-order valence-electron chi connectivity index (χ2n) is 5.52. The first-order valence-electron chi connectivity index (χ1n) is 7.20. The molecule has 0 aliphatic rings. The Morgan fingerprint density at radius 2 is 1.83 bits per heavy atom. The molecular weight excluding hydrogens is 353 g/mol. The number of hydrogen-bond donors (Lipinski definition) is 1. The summed E-state index contributed by atoms with van der Waals surface area (Å²) < 4.78 is 15.6. The van der Waals surface area contributed by atoms with Crippen LogP contribution < -0.4 is 10.1 Å². The van der Waals surface area contributed by atoms with E-state index in [0.29, 0.717) is 15.8 Å². The number of carbonyl (C=O) groups excluding carboxylic acids is 1. The van der Waals surface area contributed by atoms with E-state index in [4.69, 9.17) is 37.4 Å². The van der Waals surface area contributed by atoms with Crippen LogP contribution in [0.5, 0.6) is 5.75 Å². The van der Waals surface area contributed by atoms with Crippen molar-refractivity contribution in [3.63, 3.8) is 0 Å². The van der Waals surface area contributed by atoms with Gasteiger partial charge in [0.15, 0.2) is 6.10 Å². The van der Waals surface area contributed by atoms with Crippen LogP contribution in [-0.4, -0.2) is 45.0 Å². The van der Waals surface area contributed by atoms with Crippen LogP contribution in [0.25, 0.3) is 0 Å². The summed E-state index contributed by atoms with van der Waals surface area (Å²) >= 11 is 11.9. The summed E-state index contributed by atoms with van der Waals surface area (Å²) in [5, 5.41) is 3.64. The lowest BCUT2D eigenvalue weighted by Gasteiger charge is -2.24. The topological polar surface area (TPSA) is 56.8 Å². The smallest absolute Gasteiger partial charge is 0.264 e. The van der Waals surface area contributed by atoms with Gasteiger partial charge in [0.25, 0.3) is 5.91 Å². The standard InChI is InChI=1S/C17H21Cl2NO4/c1-17(2,6-5-7-22-3)20-16(21)15(11-23-4)24-14-9-12(18)8-13(19)10-14/h8-10,15H,7,11H2,1-4H3,(H,20,21). The average molecular weight is 374 g/mol. The molecule has 1 amide bonds. The van der Waals surface area contributed by atoms with Crippen LogP contribution in [0.15, 0.2) is 18.2 Å². The van der Waals surface area contributed by atoms with Gasteiger partial charge in [0.05, 0.1) is 12.1 Å². The maximum atomic E-state index is 12.5. The minimum atomic E-state index is -0.868. The molecule has 0 fully saturated rings. The molecule has 24 heavy (non-hydrogen) atoms. The third kappa shape index (κ3) is 7.41. The fraction of sp³-hybridized carbons (Fsp3) is 0.471. The highest BCUT2D eigenvalue weighted by atomic mass is 35.5. The van der Waals surface area contributed by atoms with Crippen molar-refractivity contribution in [1.82, 2.24) is 5.32 Å². The van der Waals surface area contributed by atoms with E-state index in [-0.39, 0.29) is 19.1 Å². The molecule has 0 saturated heterocycles. The summed E-state index contributed by atoms with van der Waals surface area (Å²) in [6.45, 7) is 3.93. The van der Waals surface area contributed by atoms with Gasteiger partial charge in [-0.25, -0.2) is 0 Å². The second kappa shape index (κ2) is 9.75. The fourth-order valence-corrected chi connectivity index (χ4v) is 2.33. The van der Waals surface area contributed by atoms with E-state index in [1.54, 1.807) is 39.2 Å². The van der Waals surface area contributed by atoms with Crippen LogP contribution in [0.1, 0.15) is 13.8 Å². The van der Waals surface area contributed by atoms with Crippen molar-refractivity contribution in [2.75, 3.05) is 27.4 Å². The van der Waals surface area contributed by atoms with Gasteiger partial charge in [-0.15, -0.1) is 0 Å². The summed E-state index contributed by atoms with van der Waals surface area (Å²) in [5.41, 5.74) is -0.739. The molecule has 0 aliphatic heterocycles. The van der Waals surface area contributed by atoms with Crippen LogP contribution in [0, 0.1) is 11.8 Å². The van der Waals surface area contributed by atoms with Gasteiger partial charge in [0.2, 0.25) is 0 Å². The highest BCUT2D eigenvalue weighted by Crippen LogP contribution is 2.25. The molecule has 0 heterocycles. The van der Waals surface area contributed by atoms with E-state index >= 15 is 0 Å². The molecule has 0 aliphatic carbocycles. The molecule has 7 heteroatoms. The summed E-state index contributed by atoms with van der Waals surface area (Å²) in [5.74, 6) is 5.77. The van der Waals surface area contributed by atoms with E-state index in [2.05, 4.69) is 17.2 Å². The lowest BCUT2D eigenvalue weighted by atomic mass is 10.1. The Labute approximate surface area is 152 Å². The molecule has 1 aromatic carbocycles. The van der Waals surface area contributed by atoms with Crippen molar-refractivity contribution < 1.29 is 19.0 Å². The van der Waals surface area contributed by atoms with Crippen molar-refractivity contribution >= 4 is 29.1 Å². The Balaban J connectivity index is 2.83. The minimum absolute atomic E-state index is 0.0670. The van der Waals surface area contributed by atoms with Gasteiger partial charge in [0, 0.05) is 24.3 Å². The number of nitrogens with one attached hydrogen (secondary N) is 1. The molecular formula is C17H21Cl2NO4. The van der Waals surface area contributed by atoms with Crippen molar-refractivity contribution in [1.29, 1.82) is 0 Å². The lowest BCUT2D eigenvalue weighted by Crippen LogP contribution is -2.50. The minimum Gasteiger partial charge on any atom is -0.478 e. The van der Waals surface area contributed by atoms with E-state index in [1.807, 2.05) is 0 Å². The number of halogens is 2. The van der Waals surface area contributed by atoms with E-state index in [1.165, 1.54) is 7.11 Å². The quantitative estimate of drug-likeness (QED) is 0.746. The Bertz CT molecular complexity index is 603. The summed E-state index contributed by atoms with van der Waals surface area (Å²) in [6, 6.07) is 4.73. The van der Waals surface area contributed by atoms with Crippen LogP contribution in [-0.2, 0) is 14.3 Å². The molecule has 0 aromatic heterocycles. The second-order valence-corrected chi connectivity index (χ2v) is 6.39. The molecule has 1 N–H and O–H groups in total. The Kier molecular flexibility index (Phi) is 8.37. The van der Waals surface area contributed by atoms with Crippen molar-refractivity contribution in [3.05, 3.63) is 28.2 Å². The average Bonchev–Trinajstić information content (AvgIpc) is 2.45. The molecule has 0 spiro atoms. The van der Waals surface area contributed by atoms with Crippen LogP contribution in [0.4, 0.5) is 0 Å². The zero-order valence-electron chi connectivity index (χ0n) is 14.1. The van der Waals surface area contributed by atoms with Gasteiger partial charge in [0.1, 0.15) is 12.4 Å². The first kappa shape index (κ1) is 20.6. The normalized spacial score (nSPS) is 12.1. The number of ether oxygens (including phenoxy) is 3. The largest absolute Gasteiger partial charge is 0.478 e. The highest BCUT2D eigenvalue weighted by molar-refractivity contribution is 6.34. The van der Waals surface area contributed by atoms with Gasteiger partial charge >= 0.3 is 0 Å². The molecule has 1 atom stereocenters. The third-order valence-electron chi connectivity index (χ3n) is 2.78. The van der Waals surface area contributed by atoms with Gasteiger partial charge in [-0.3, -0.25) is 4.79 Å².